The Hall–Kier alpha value is -2.60. The Morgan fingerprint density at radius 1 is 1.07 bits per heavy atom. The van der Waals surface area contributed by atoms with Gasteiger partial charge < -0.3 is 9.47 Å². The molecular formula is C24H27N5S. The van der Waals surface area contributed by atoms with E-state index >= 15 is 0 Å². The minimum atomic E-state index is 0.0162. The van der Waals surface area contributed by atoms with E-state index in [9.17, 15) is 0 Å². The largest absolute Gasteiger partial charge is 0.338 e. The molecule has 3 aromatic heterocycles. The molecule has 2 aliphatic rings. The third-order valence-corrected chi connectivity index (χ3v) is 7.37. The number of aliphatic imine (C=N–C) groups is 1. The Bertz CT molecular complexity index is 1100. The van der Waals surface area contributed by atoms with Crippen LogP contribution in [0.15, 0.2) is 53.8 Å². The molecular weight excluding hydrogens is 390 g/mol. The van der Waals surface area contributed by atoms with Gasteiger partial charge in [0.15, 0.2) is 5.17 Å². The SMILES string of the molecule is CC[C@@H]1CSC2=N[C@@H](c3ccccn3)[C@@H](c3cc(C)n(-c4cc(C)ccn4)c3C)N21. The van der Waals surface area contributed by atoms with Gasteiger partial charge in [-0.05, 0) is 68.7 Å². The van der Waals surface area contributed by atoms with E-state index in [1.165, 1.54) is 27.7 Å². The van der Waals surface area contributed by atoms with E-state index in [4.69, 9.17) is 4.99 Å². The molecule has 154 valence electrons. The van der Waals surface area contributed by atoms with E-state index in [-0.39, 0.29) is 12.1 Å². The Morgan fingerprint density at radius 2 is 1.93 bits per heavy atom. The van der Waals surface area contributed by atoms with E-state index in [1.807, 2.05) is 36.3 Å². The summed E-state index contributed by atoms with van der Waals surface area (Å²) in [5, 5.41) is 1.17. The third-order valence-electron chi connectivity index (χ3n) is 6.25. The first kappa shape index (κ1) is 19.4. The predicted octanol–water partition coefficient (Wildman–Crippen LogP) is 5.17. The zero-order valence-electron chi connectivity index (χ0n) is 17.9. The number of pyridine rings is 2. The molecule has 0 N–H and O–H groups in total. The van der Waals surface area contributed by atoms with Crippen molar-refractivity contribution in [3.63, 3.8) is 0 Å². The maximum Gasteiger partial charge on any atom is 0.160 e. The topological polar surface area (TPSA) is 46.3 Å². The standard InChI is InChI=1S/C24H27N5S/c1-5-18-14-30-24-27-22(20-8-6-7-10-25-20)23(29(18)24)19-13-16(3)28(17(19)4)21-12-15(2)9-11-26-21/h6-13,18,22-23H,5,14H2,1-4H3/t18-,22+,23-/m1/s1. The van der Waals surface area contributed by atoms with Gasteiger partial charge >= 0.3 is 0 Å². The van der Waals surface area contributed by atoms with Gasteiger partial charge in [-0.3, -0.25) is 9.98 Å². The van der Waals surface area contributed by atoms with E-state index in [1.54, 1.807) is 0 Å². The Labute approximate surface area is 182 Å². The molecule has 2 aliphatic heterocycles. The van der Waals surface area contributed by atoms with Gasteiger partial charge in [-0.2, -0.15) is 0 Å². The number of rotatable bonds is 4. The summed E-state index contributed by atoms with van der Waals surface area (Å²) in [5.41, 5.74) is 6.02. The van der Waals surface area contributed by atoms with Gasteiger partial charge in [0.1, 0.15) is 11.9 Å². The van der Waals surface area contributed by atoms with Crippen molar-refractivity contribution in [2.45, 2.75) is 52.2 Å². The van der Waals surface area contributed by atoms with Crippen LogP contribution < -0.4 is 0 Å². The van der Waals surface area contributed by atoms with Crippen LogP contribution >= 0.6 is 11.8 Å². The molecule has 0 unspecified atom stereocenters. The van der Waals surface area contributed by atoms with Gasteiger partial charge in [0.2, 0.25) is 0 Å². The lowest BCUT2D eigenvalue weighted by Gasteiger charge is -2.32. The first-order chi connectivity index (χ1) is 14.6. The lowest BCUT2D eigenvalue weighted by molar-refractivity contribution is 0.254. The van der Waals surface area contributed by atoms with Crippen LogP contribution in [0.2, 0.25) is 0 Å². The maximum atomic E-state index is 5.16. The van der Waals surface area contributed by atoms with Crippen molar-refractivity contribution in [2.24, 2.45) is 4.99 Å². The van der Waals surface area contributed by atoms with Crippen molar-refractivity contribution in [3.05, 3.63) is 77.0 Å². The summed E-state index contributed by atoms with van der Waals surface area (Å²) < 4.78 is 2.28. The Balaban J connectivity index is 1.64. The number of nitrogens with zero attached hydrogens (tertiary/aromatic N) is 5. The zero-order valence-corrected chi connectivity index (χ0v) is 18.7. The van der Waals surface area contributed by atoms with Crippen LogP contribution in [0.5, 0.6) is 0 Å². The van der Waals surface area contributed by atoms with Crippen molar-refractivity contribution >= 4 is 16.9 Å². The van der Waals surface area contributed by atoms with E-state index in [0.717, 1.165) is 23.7 Å². The van der Waals surface area contributed by atoms with Crippen molar-refractivity contribution in [1.82, 2.24) is 19.4 Å². The summed E-state index contributed by atoms with van der Waals surface area (Å²) in [4.78, 5) is 17.0. The number of aromatic nitrogens is 3. The fourth-order valence-corrected chi connectivity index (χ4v) is 6.11. The van der Waals surface area contributed by atoms with Gasteiger partial charge in [-0.1, -0.05) is 24.8 Å². The molecule has 3 aromatic rings. The van der Waals surface area contributed by atoms with Crippen LogP contribution in [0.25, 0.3) is 5.82 Å². The predicted molar refractivity (Wildman–Crippen MR) is 123 cm³/mol. The number of thioether (sulfide) groups is 1. The lowest BCUT2D eigenvalue weighted by Crippen LogP contribution is -2.35. The molecule has 0 spiro atoms. The van der Waals surface area contributed by atoms with Gasteiger partial charge in [-0.15, -0.1) is 0 Å². The van der Waals surface area contributed by atoms with Crippen molar-refractivity contribution in [3.8, 4) is 5.82 Å². The monoisotopic (exact) mass is 417 g/mol. The fourth-order valence-electron chi connectivity index (χ4n) is 4.77. The summed E-state index contributed by atoms with van der Waals surface area (Å²) >= 11 is 1.89. The molecule has 0 aliphatic carbocycles. The van der Waals surface area contributed by atoms with Crippen LogP contribution in [0, 0.1) is 20.8 Å². The van der Waals surface area contributed by atoms with Gasteiger partial charge in [0, 0.05) is 35.6 Å². The first-order valence-corrected chi connectivity index (χ1v) is 11.6. The highest BCUT2D eigenvalue weighted by Crippen LogP contribution is 2.49. The molecule has 0 amide bonds. The molecule has 6 heteroatoms. The summed E-state index contributed by atoms with van der Waals surface area (Å²) in [7, 11) is 0. The second kappa shape index (κ2) is 7.58. The highest BCUT2D eigenvalue weighted by atomic mass is 32.2. The van der Waals surface area contributed by atoms with Crippen LogP contribution in [0.3, 0.4) is 0 Å². The molecule has 5 rings (SSSR count). The third kappa shape index (κ3) is 3.05. The lowest BCUT2D eigenvalue weighted by atomic mass is 9.95. The summed E-state index contributed by atoms with van der Waals surface area (Å²) in [6, 6.07) is 13.4. The second-order valence-corrected chi connectivity index (χ2v) is 9.18. The number of hydrogen-bond acceptors (Lipinski definition) is 5. The Kier molecular flexibility index (Phi) is 4.89. The average Bonchev–Trinajstić information content (AvgIpc) is 3.40. The molecule has 5 nitrogen and oxygen atoms in total. The molecule has 0 saturated carbocycles. The minimum absolute atomic E-state index is 0.0162. The van der Waals surface area contributed by atoms with Crippen molar-refractivity contribution in [2.75, 3.05) is 5.75 Å². The molecule has 1 saturated heterocycles. The fraction of sp³-hybridized carbons (Fsp3) is 0.375. The van der Waals surface area contributed by atoms with Crippen molar-refractivity contribution < 1.29 is 0 Å². The molecule has 1 fully saturated rings. The highest BCUT2D eigenvalue weighted by molar-refractivity contribution is 8.14. The Morgan fingerprint density at radius 3 is 2.67 bits per heavy atom. The zero-order chi connectivity index (χ0) is 20.8. The van der Waals surface area contributed by atoms with E-state index < -0.39 is 0 Å². The van der Waals surface area contributed by atoms with E-state index in [0.29, 0.717) is 6.04 Å². The molecule has 30 heavy (non-hydrogen) atoms. The normalized spacial score (nSPS) is 23.0. The second-order valence-electron chi connectivity index (χ2n) is 8.19. The number of fused-ring (bicyclic) bond motifs is 1. The summed E-state index contributed by atoms with van der Waals surface area (Å²) in [6.45, 7) is 8.77. The van der Waals surface area contributed by atoms with Gasteiger partial charge in [0.25, 0.3) is 0 Å². The number of hydrogen-bond donors (Lipinski definition) is 0. The first-order valence-electron chi connectivity index (χ1n) is 10.6. The molecule has 0 aromatic carbocycles. The molecule has 5 heterocycles. The van der Waals surface area contributed by atoms with E-state index in [2.05, 4.69) is 71.4 Å². The molecule has 3 atom stereocenters. The number of aryl methyl sites for hydroxylation is 2. The van der Waals surface area contributed by atoms with Crippen molar-refractivity contribution in [1.29, 1.82) is 0 Å². The molecule has 0 bridgehead atoms. The van der Waals surface area contributed by atoms with Gasteiger partial charge in [-0.25, -0.2) is 4.98 Å². The maximum absolute atomic E-state index is 5.16. The smallest absolute Gasteiger partial charge is 0.160 e. The van der Waals surface area contributed by atoms with Crippen LogP contribution in [-0.2, 0) is 0 Å². The quantitative estimate of drug-likeness (QED) is 0.587. The molecule has 0 radical (unpaired) electrons. The summed E-state index contributed by atoms with van der Waals surface area (Å²) in [6.07, 6.45) is 4.89. The number of amidine groups is 1. The highest BCUT2D eigenvalue weighted by Gasteiger charge is 2.46. The average molecular weight is 418 g/mol. The van der Waals surface area contributed by atoms with Crippen LogP contribution in [0.4, 0.5) is 0 Å². The minimum Gasteiger partial charge on any atom is -0.338 e. The van der Waals surface area contributed by atoms with Crippen LogP contribution in [-0.4, -0.2) is 36.4 Å². The summed E-state index contributed by atoms with van der Waals surface area (Å²) in [5.74, 6) is 2.09. The van der Waals surface area contributed by atoms with Gasteiger partial charge in [0.05, 0.1) is 11.7 Å². The van der Waals surface area contributed by atoms with Crippen LogP contribution in [0.1, 0.15) is 53.6 Å².